The molecule has 0 saturated heterocycles. The molecule has 0 aliphatic carbocycles. The molecule has 0 aliphatic rings. The zero-order chi connectivity index (χ0) is 24.9. The van der Waals surface area contributed by atoms with Crippen LogP contribution in [-0.4, -0.2) is 33.6 Å². The van der Waals surface area contributed by atoms with Gasteiger partial charge in [0.25, 0.3) is 20.0 Å². The minimum Gasteiger partial charge on any atom is -0.326 e. The zero-order valence-corrected chi connectivity index (χ0v) is 19.7. The fraction of sp³-hybridized carbons (Fsp3) is 0.0952. The average molecular weight is 504 g/mol. The van der Waals surface area contributed by atoms with Gasteiger partial charge in [0.1, 0.15) is 11.6 Å². The lowest BCUT2D eigenvalue weighted by Gasteiger charge is -2.11. The minimum atomic E-state index is -4.02. The molecule has 34 heavy (non-hydrogen) atoms. The molecule has 2 aromatic carbocycles. The van der Waals surface area contributed by atoms with Crippen LogP contribution in [0.2, 0.25) is 0 Å². The Kier molecular flexibility index (Phi) is 7.17. The molecule has 178 valence electrons. The predicted octanol–water partition coefficient (Wildman–Crippen LogP) is 2.60. The van der Waals surface area contributed by atoms with Crippen LogP contribution in [-0.2, 0) is 29.6 Å². The Labute approximate surface area is 196 Å². The van der Waals surface area contributed by atoms with E-state index in [-0.39, 0.29) is 33.2 Å². The van der Waals surface area contributed by atoms with Crippen LogP contribution in [0, 0.1) is 0 Å². The molecule has 0 fully saturated rings. The van der Waals surface area contributed by atoms with E-state index in [0.29, 0.717) is 11.4 Å². The van der Waals surface area contributed by atoms with Crippen LogP contribution in [0.3, 0.4) is 0 Å². The van der Waals surface area contributed by atoms with Crippen molar-refractivity contribution in [1.82, 2.24) is 4.98 Å². The second-order valence-corrected chi connectivity index (χ2v) is 10.4. The van der Waals surface area contributed by atoms with E-state index in [9.17, 15) is 26.4 Å². The Hall–Kier alpha value is -3.97. The van der Waals surface area contributed by atoms with E-state index in [2.05, 4.69) is 25.1 Å². The quantitative estimate of drug-likeness (QED) is 0.367. The van der Waals surface area contributed by atoms with E-state index in [1.165, 1.54) is 80.6 Å². The van der Waals surface area contributed by atoms with E-state index >= 15 is 0 Å². The summed E-state index contributed by atoms with van der Waals surface area (Å²) < 4.78 is 55.2. The van der Waals surface area contributed by atoms with Crippen molar-refractivity contribution in [3.05, 3.63) is 66.7 Å². The van der Waals surface area contributed by atoms with E-state index < -0.39 is 20.0 Å². The monoisotopic (exact) mass is 503 g/mol. The number of rotatable bonds is 8. The number of anilines is 4. The van der Waals surface area contributed by atoms with Gasteiger partial charge in [0.05, 0.1) is 9.79 Å². The molecule has 0 saturated carbocycles. The van der Waals surface area contributed by atoms with Crippen molar-refractivity contribution in [2.75, 3.05) is 20.1 Å². The second kappa shape index (κ2) is 9.89. The highest BCUT2D eigenvalue weighted by molar-refractivity contribution is 7.93. The summed E-state index contributed by atoms with van der Waals surface area (Å²) in [7, 11) is -8.05. The third-order valence-corrected chi connectivity index (χ3v) is 6.94. The third kappa shape index (κ3) is 6.52. The van der Waals surface area contributed by atoms with Crippen LogP contribution in [0.25, 0.3) is 0 Å². The number of hydrogen-bond donors (Lipinski definition) is 4. The van der Waals surface area contributed by atoms with Gasteiger partial charge in [-0.1, -0.05) is 6.07 Å². The molecule has 1 heterocycles. The van der Waals surface area contributed by atoms with Crippen LogP contribution in [0.15, 0.2) is 76.5 Å². The summed E-state index contributed by atoms with van der Waals surface area (Å²) >= 11 is 0. The maximum atomic E-state index is 12.7. The van der Waals surface area contributed by atoms with Crippen LogP contribution in [0.4, 0.5) is 23.0 Å². The van der Waals surface area contributed by atoms with E-state index in [4.69, 9.17) is 0 Å². The number of aromatic nitrogens is 1. The summed E-state index contributed by atoms with van der Waals surface area (Å²) in [6, 6.07) is 15.1. The first-order chi connectivity index (χ1) is 15.9. The zero-order valence-electron chi connectivity index (χ0n) is 18.1. The molecule has 0 spiro atoms. The first kappa shape index (κ1) is 24.7. The SMILES string of the molecule is CC(=O)Nc1ccc(S(=O)(=O)Nc2cccc(NS(=O)(=O)c3ccc(NC(C)=O)cc3)n2)cc1. The molecule has 3 rings (SSSR count). The minimum absolute atomic E-state index is 0.0753. The van der Waals surface area contributed by atoms with Gasteiger partial charge < -0.3 is 10.6 Å². The van der Waals surface area contributed by atoms with Crippen molar-refractivity contribution in [3.63, 3.8) is 0 Å². The summed E-state index contributed by atoms with van der Waals surface area (Å²) in [6.45, 7) is 2.67. The highest BCUT2D eigenvalue weighted by Crippen LogP contribution is 2.21. The Morgan fingerprint density at radius 3 is 1.29 bits per heavy atom. The Bertz CT molecular complexity index is 1310. The molecule has 0 bridgehead atoms. The lowest BCUT2D eigenvalue weighted by Crippen LogP contribution is -2.17. The number of amides is 2. The third-order valence-electron chi connectivity index (χ3n) is 4.20. The number of sulfonamides is 2. The van der Waals surface area contributed by atoms with Crippen LogP contribution >= 0.6 is 0 Å². The number of nitrogens with zero attached hydrogens (tertiary/aromatic N) is 1. The number of hydrogen-bond acceptors (Lipinski definition) is 7. The molecule has 3 aromatic rings. The largest absolute Gasteiger partial charge is 0.326 e. The van der Waals surface area contributed by atoms with Crippen LogP contribution < -0.4 is 20.1 Å². The van der Waals surface area contributed by atoms with Gasteiger partial charge in [-0.15, -0.1) is 0 Å². The van der Waals surface area contributed by atoms with Gasteiger partial charge in [0.15, 0.2) is 0 Å². The molecular weight excluding hydrogens is 482 g/mol. The summed E-state index contributed by atoms with van der Waals surface area (Å²) in [4.78, 5) is 26.1. The number of nitrogens with one attached hydrogen (secondary N) is 4. The van der Waals surface area contributed by atoms with Crippen molar-refractivity contribution in [3.8, 4) is 0 Å². The van der Waals surface area contributed by atoms with E-state index in [1.54, 1.807) is 0 Å². The Balaban J connectivity index is 1.75. The van der Waals surface area contributed by atoms with E-state index in [1.807, 2.05) is 0 Å². The van der Waals surface area contributed by atoms with Gasteiger partial charge in [-0.3, -0.25) is 19.0 Å². The lowest BCUT2D eigenvalue weighted by molar-refractivity contribution is -0.115. The smallest absolute Gasteiger partial charge is 0.263 e. The number of pyridine rings is 1. The molecular formula is C21H21N5O6S2. The van der Waals surface area contributed by atoms with Crippen molar-refractivity contribution >= 4 is 54.9 Å². The van der Waals surface area contributed by atoms with Gasteiger partial charge >= 0.3 is 0 Å². The van der Waals surface area contributed by atoms with Gasteiger partial charge in [-0.25, -0.2) is 21.8 Å². The topological polar surface area (TPSA) is 163 Å². The molecule has 11 nitrogen and oxygen atoms in total. The maximum absolute atomic E-state index is 12.7. The van der Waals surface area contributed by atoms with Crippen LogP contribution in [0.1, 0.15) is 13.8 Å². The highest BCUT2D eigenvalue weighted by Gasteiger charge is 2.18. The normalized spacial score (nSPS) is 11.4. The Morgan fingerprint density at radius 1 is 0.618 bits per heavy atom. The fourth-order valence-electron chi connectivity index (χ4n) is 2.78. The summed E-state index contributed by atoms with van der Waals surface area (Å²) in [5, 5.41) is 5.07. The maximum Gasteiger partial charge on any atom is 0.263 e. The lowest BCUT2D eigenvalue weighted by atomic mass is 10.3. The molecule has 1 aromatic heterocycles. The van der Waals surface area contributed by atoms with Crippen molar-refractivity contribution in [1.29, 1.82) is 0 Å². The average Bonchev–Trinajstić information content (AvgIpc) is 2.73. The Morgan fingerprint density at radius 2 is 0.971 bits per heavy atom. The molecule has 2 amide bonds. The van der Waals surface area contributed by atoms with Crippen molar-refractivity contribution in [2.45, 2.75) is 23.6 Å². The summed E-state index contributed by atoms with van der Waals surface area (Å²) in [6.07, 6.45) is 0. The molecule has 13 heteroatoms. The molecule has 0 atom stereocenters. The first-order valence-corrected chi connectivity index (χ1v) is 12.7. The summed E-state index contributed by atoms with van der Waals surface area (Å²) in [5.74, 6) is -0.791. The van der Waals surface area contributed by atoms with E-state index in [0.717, 1.165) is 0 Å². The van der Waals surface area contributed by atoms with Gasteiger partial charge in [0.2, 0.25) is 11.8 Å². The molecule has 0 radical (unpaired) electrons. The molecule has 0 aliphatic heterocycles. The molecule has 0 unspecified atom stereocenters. The number of carbonyl (C=O) groups is 2. The summed E-state index contributed by atoms with van der Waals surface area (Å²) in [5.41, 5.74) is 0.872. The number of benzene rings is 2. The van der Waals surface area contributed by atoms with Crippen molar-refractivity contribution < 1.29 is 26.4 Å². The van der Waals surface area contributed by atoms with Gasteiger partial charge in [-0.05, 0) is 60.7 Å². The predicted molar refractivity (Wildman–Crippen MR) is 127 cm³/mol. The highest BCUT2D eigenvalue weighted by atomic mass is 32.2. The second-order valence-electron chi connectivity index (χ2n) is 7.03. The van der Waals surface area contributed by atoms with Gasteiger partial charge in [0, 0.05) is 25.2 Å². The van der Waals surface area contributed by atoms with Gasteiger partial charge in [-0.2, -0.15) is 0 Å². The molecule has 4 N–H and O–H groups in total. The van der Waals surface area contributed by atoms with Crippen LogP contribution in [0.5, 0.6) is 0 Å². The number of carbonyl (C=O) groups excluding carboxylic acids is 2. The first-order valence-electron chi connectivity index (χ1n) is 9.73. The van der Waals surface area contributed by atoms with Crippen molar-refractivity contribution in [2.24, 2.45) is 0 Å². The fourth-order valence-corrected chi connectivity index (χ4v) is 4.79. The standard InChI is InChI=1S/C21H21N5O6S2/c1-14(27)22-16-6-10-18(11-7-16)33(29,30)25-20-4-3-5-21(24-20)26-34(31,32)19-12-8-17(9-13-19)23-15(2)28/h3-13H,1-2H3,(H,22,27)(H,23,28)(H2,24,25,26).